The van der Waals surface area contributed by atoms with Gasteiger partial charge in [-0.05, 0) is 42.0 Å². The van der Waals surface area contributed by atoms with Crippen molar-refractivity contribution in [3.05, 3.63) is 88.9 Å². The Bertz CT molecular complexity index is 1040. The molecular formula is C21H21ClN2O3S. The van der Waals surface area contributed by atoms with E-state index in [2.05, 4.69) is 0 Å². The molecule has 0 unspecified atom stereocenters. The van der Waals surface area contributed by atoms with Crippen LogP contribution < -0.4 is 10.5 Å². The van der Waals surface area contributed by atoms with Crippen LogP contribution in [-0.2, 0) is 23.1 Å². The lowest BCUT2D eigenvalue weighted by atomic mass is 10.2. The van der Waals surface area contributed by atoms with E-state index in [-0.39, 0.29) is 11.4 Å². The van der Waals surface area contributed by atoms with Crippen LogP contribution in [0.5, 0.6) is 11.5 Å². The minimum Gasteiger partial charge on any atom is -0.457 e. The molecular weight excluding hydrogens is 396 g/mol. The van der Waals surface area contributed by atoms with E-state index in [4.69, 9.17) is 22.1 Å². The number of hydrogen-bond acceptors (Lipinski definition) is 4. The molecule has 3 rings (SSSR count). The first-order chi connectivity index (χ1) is 13.4. The lowest BCUT2D eigenvalue weighted by Crippen LogP contribution is -2.26. The van der Waals surface area contributed by atoms with Crippen molar-refractivity contribution < 1.29 is 13.2 Å². The topological polar surface area (TPSA) is 72.6 Å². The molecule has 0 atom stereocenters. The summed E-state index contributed by atoms with van der Waals surface area (Å²) in [6, 6.07) is 21.0. The second-order valence-corrected chi connectivity index (χ2v) is 8.69. The molecule has 5 nitrogen and oxygen atoms in total. The van der Waals surface area contributed by atoms with Crippen molar-refractivity contribution in [2.24, 2.45) is 5.73 Å². The summed E-state index contributed by atoms with van der Waals surface area (Å²) in [5.41, 5.74) is 7.35. The van der Waals surface area contributed by atoms with Gasteiger partial charge in [-0.3, -0.25) is 0 Å². The van der Waals surface area contributed by atoms with Gasteiger partial charge in [0.15, 0.2) is 0 Å². The Morgan fingerprint density at radius 1 is 0.964 bits per heavy atom. The third-order valence-electron chi connectivity index (χ3n) is 4.29. The van der Waals surface area contributed by atoms with E-state index in [0.717, 1.165) is 5.56 Å². The number of halogens is 1. The Hall–Kier alpha value is -2.38. The second kappa shape index (κ2) is 8.75. The van der Waals surface area contributed by atoms with Gasteiger partial charge in [-0.15, -0.1) is 0 Å². The zero-order valence-corrected chi connectivity index (χ0v) is 17.0. The monoisotopic (exact) mass is 416 g/mol. The molecule has 0 aliphatic rings. The van der Waals surface area contributed by atoms with Crippen LogP contribution in [0.4, 0.5) is 0 Å². The van der Waals surface area contributed by atoms with Crippen LogP contribution in [0, 0.1) is 0 Å². The molecule has 0 saturated heterocycles. The highest BCUT2D eigenvalue weighted by molar-refractivity contribution is 7.89. The van der Waals surface area contributed by atoms with Crippen LogP contribution >= 0.6 is 11.6 Å². The number of benzene rings is 3. The molecule has 2 N–H and O–H groups in total. The number of nitrogens with zero attached hydrogens (tertiary/aromatic N) is 1. The first kappa shape index (κ1) is 20.4. The summed E-state index contributed by atoms with van der Waals surface area (Å²) >= 11 is 6.14. The Balaban J connectivity index is 1.77. The van der Waals surface area contributed by atoms with Crippen LogP contribution in [0.2, 0.25) is 5.02 Å². The number of rotatable bonds is 7. The average molecular weight is 417 g/mol. The minimum atomic E-state index is -3.61. The van der Waals surface area contributed by atoms with E-state index < -0.39 is 10.0 Å². The smallest absolute Gasteiger partial charge is 0.243 e. The summed E-state index contributed by atoms with van der Waals surface area (Å²) in [4.78, 5) is 0.198. The Labute approximate surface area is 170 Å². The maximum absolute atomic E-state index is 12.8. The standard InChI is InChI=1S/C21H21ClN2O3S/c1-24(15-16-6-3-2-4-7-16)28(25,26)18-12-10-17(11-13-18)27-21-9-5-8-20(22)19(21)14-23/h2-13H,14-15,23H2,1H3. The lowest BCUT2D eigenvalue weighted by Gasteiger charge is -2.18. The van der Waals surface area contributed by atoms with Gasteiger partial charge in [-0.2, -0.15) is 4.31 Å². The van der Waals surface area contributed by atoms with Crippen LogP contribution in [-0.4, -0.2) is 19.8 Å². The Morgan fingerprint density at radius 2 is 1.64 bits per heavy atom. The molecule has 0 heterocycles. The highest BCUT2D eigenvalue weighted by Crippen LogP contribution is 2.30. The third-order valence-corrected chi connectivity index (χ3v) is 6.46. The highest BCUT2D eigenvalue weighted by atomic mass is 35.5. The molecule has 0 bridgehead atoms. The predicted molar refractivity (Wildman–Crippen MR) is 111 cm³/mol. The molecule has 3 aromatic rings. The normalized spacial score (nSPS) is 11.6. The number of ether oxygens (including phenoxy) is 1. The molecule has 0 spiro atoms. The number of nitrogens with two attached hydrogens (primary N) is 1. The van der Waals surface area contributed by atoms with Gasteiger partial charge in [0.25, 0.3) is 0 Å². The fourth-order valence-electron chi connectivity index (χ4n) is 2.74. The van der Waals surface area contributed by atoms with Crippen molar-refractivity contribution in [2.45, 2.75) is 18.0 Å². The van der Waals surface area contributed by atoms with Crippen LogP contribution in [0.3, 0.4) is 0 Å². The van der Waals surface area contributed by atoms with Crippen LogP contribution in [0.25, 0.3) is 0 Å². The van der Waals surface area contributed by atoms with Crippen molar-refractivity contribution in [3.8, 4) is 11.5 Å². The van der Waals surface area contributed by atoms with E-state index in [9.17, 15) is 8.42 Å². The van der Waals surface area contributed by atoms with E-state index in [1.54, 1.807) is 37.4 Å². The molecule has 3 aromatic carbocycles. The van der Waals surface area contributed by atoms with Gasteiger partial charge in [-0.1, -0.05) is 48.0 Å². The fraction of sp³-hybridized carbons (Fsp3) is 0.143. The second-order valence-electron chi connectivity index (χ2n) is 6.24. The summed E-state index contributed by atoms with van der Waals surface area (Å²) in [6.45, 7) is 0.537. The van der Waals surface area contributed by atoms with Gasteiger partial charge in [0.2, 0.25) is 10.0 Å². The Kier molecular flexibility index (Phi) is 6.36. The molecule has 0 amide bonds. The first-order valence-electron chi connectivity index (χ1n) is 8.67. The van der Waals surface area contributed by atoms with Gasteiger partial charge < -0.3 is 10.5 Å². The van der Waals surface area contributed by atoms with Crippen LogP contribution in [0.15, 0.2) is 77.7 Å². The van der Waals surface area contributed by atoms with E-state index in [0.29, 0.717) is 28.6 Å². The van der Waals surface area contributed by atoms with Crippen molar-refractivity contribution in [3.63, 3.8) is 0 Å². The summed E-state index contributed by atoms with van der Waals surface area (Å²) in [6.07, 6.45) is 0. The third kappa shape index (κ3) is 4.54. The molecule has 0 fully saturated rings. The van der Waals surface area contributed by atoms with E-state index in [1.165, 1.54) is 16.4 Å². The summed E-state index contributed by atoms with van der Waals surface area (Å²) in [5, 5.41) is 0.529. The Morgan fingerprint density at radius 3 is 2.29 bits per heavy atom. The van der Waals surface area contributed by atoms with E-state index >= 15 is 0 Å². The maximum Gasteiger partial charge on any atom is 0.243 e. The van der Waals surface area contributed by atoms with Crippen molar-refractivity contribution in [2.75, 3.05) is 7.05 Å². The molecule has 0 saturated carbocycles. The number of hydrogen-bond donors (Lipinski definition) is 1. The SMILES string of the molecule is CN(Cc1ccccc1)S(=O)(=O)c1ccc(Oc2cccc(Cl)c2CN)cc1. The van der Waals surface area contributed by atoms with Gasteiger partial charge in [-0.25, -0.2) is 8.42 Å². The molecule has 0 aromatic heterocycles. The van der Waals surface area contributed by atoms with Gasteiger partial charge >= 0.3 is 0 Å². The lowest BCUT2D eigenvalue weighted by molar-refractivity contribution is 0.465. The van der Waals surface area contributed by atoms with E-state index in [1.807, 2.05) is 30.3 Å². The summed E-state index contributed by atoms with van der Waals surface area (Å²) < 4.78 is 32.8. The average Bonchev–Trinajstić information content (AvgIpc) is 2.69. The van der Waals surface area contributed by atoms with Gasteiger partial charge in [0.05, 0.1) is 4.90 Å². The molecule has 7 heteroatoms. The molecule has 0 aliphatic carbocycles. The molecule has 146 valence electrons. The molecule has 0 aliphatic heterocycles. The van der Waals surface area contributed by atoms with Gasteiger partial charge in [0.1, 0.15) is 11.5 Å². The van der Waals surface area contributed by atoms with Crippen molar-refractivity contribution in [1.82, 2.24) is 4.31 Å². The van der Waals surface area contributed by atoms with Crippen LogP contribution in [0.1, 0.15) is 11.1 Å². The minimum absolute atomic E-state index is 0.198. The highest BCUT2D eigenvalue weighted by Gasteiger charge is 2.21. The van der Waals surface area contributed by atoms with Crippen molar-refractivity contribution >= 4 is 21.6 Å². The number of sulfonamides is 1. The largest absolute Gasteiger partial charge is 0.457 e. The quantitative estimate of drug-likeness (QED) is 0.619. The maximum atomic E-state index is 12.8. The first-order valence-corrected chi connectivity index (χ1v) is 10.5. The molecule has 28 heavy (non-hydrogen) atoms. The molecule has 0 radical (unpaired) electrons. The fourth-order valence-corrected chi connectivity index (χ4v) is 4.15. The summed E-state index contributed by atoms with van der Waals surface area (Å²) in [7, 11) is -2.05. The zero-order chi connectivity index (χ0) is 20.1. The van der Waals surface area contributed by atoms with Gasteiger partial charge in [0, 0.05) is 30.7 Å². The predicted octanol–water partition coefficient (Wildman–Crippen LogP) is 4.41. The zero-order valence-electron chi connectivity index (χ0n) is 15.4. The summed E-state index contributed by atoms with van der Waals surface area (Å²) in [5.74, 6) is 1.05. The van der Waals surface area contributed by atoms with Crippen molar-refractivity contribution in [1.29, 1.82) is 0 Å².